The molecule has 0 fully saturated rings. The Kier molecular flexibility index (Phi) is 3.76. The second-order valence-electron chi connectivity index (χ2n) is 4.81. The van der Waals surface area contributed by atoms with Crippen molar-refractivity contribution >= 4 is 5.91 Å². The number of methoxy groups -OCH3 is 1. The second kappa shape index (κ2) is 5.88. The average Bonchev–Trinajstić information content (AvgIpc) is 3.05. The lowest BCUT2D eigenvalue weighted by molar-refractivity contribution is 0.0996. The highest BCUT2D eigenvalue weighted by atomic mass is 19.1. The number of hydrogen-bond donors (Lipinski definition) is 2. The number of nitrogens with one attached hydrogen (secondary N) is 1. The van der Waals surface area contributed by atoms with Crippen molar-refractivity contribution in [2.75, 3.05) is 7.11 Å². The fraction of sp³-hybridized carbons (Fsp3) is 0.0625. The predicted octanol–water partition coefficient (Wildman–Crippen LogP) is 2.39. The average molecular weight is 312 g/mol. The number of ether oxygens (including phenoxy) is 1. The summed E-state index contributed by atoms with van der Waals surface area (Å²) < 4.78 is 18.7. The molecule has 2 aromatic carbocycles. The third kappa shape index (κ3) is 2.76. The van der Waals surface area contributed by atoms with E-state index in [1.807, 2.05) is 0 Å². The number of halogens is 1. The summed E-state index contributed by atoms with van der Waals surface area (Å²) in [7, 11) is 1.53. The molecule has 3 rings (SSSR count). The predicted molar refractivity (Wildman–Crippen MR) is 82.3 cm³/mol. The van der Waals surface area contributed by atoms with Gasteiger partial charge in [0.25, 0.3) is 5.91 Å². The number of benzene rings is 2. The summed E-state index contributed by atoms with van der Waals surface area (Å²) in [4.78, 5) is 11.3. The molecule has 0 bridgehead atoms. The Morgan fingerprint density at radius 1 is 1.13 bits per heavy atom. The maximum atomic E-state index is 13.5. The van der Waals surface area contributed by atoms with E-state index in [1.165, 1.54) is 19.2 Å². The fourth-order valence-electron chi connectivity index (χ4n) is 2.32. The van der Waals surface area contributed by atoms with E-state index in [0.29, 0.717) is 22.6 Å². The molecule has 1 heterocycles. The number of aromatic nitrogens is 3. The molecule has 0 atom stereocenters. The van der Waals surface area contributed by atoms with Gasteiger partial charge in [-0.2, -0.15) is 15.4 Å². The second-order valence-corrected chi connectivity index (χ2v) is 4.81. The van der Waals surface area contributed by atoms with Crippen molar-refractivity contribution in [1.29, 1.82) is 0 Å². The third-order valence-electron chi connectivity index (χ3n) is 3.41. The number of carbonyl (C=O) groups is 1. The van der Waals surface area contributed by atoms with E-state index in [1.54, 1.807) is 30.3 Å². The van der Waals surface area contributed by atoms with Crippen LogP contribution in [0.3, 0.4) is 0 Å². The number of primary amides is 1. The Hall–Kier alpha value is -3.22. The molecule has 3 N–H and O–H groups in total. The molecule has 1 aromatic heterocycles. The van der Waals surface area contributed by atoms with E-state index in [9.17, 15) is 9.18 Å². The van der Waals surface area contributed by atoms with E-state index >= 15 is 0 Å². The molecule has 0 radical (unpaired) electrons. The molecule has 0 saturated heterocycles. The van der Waals surface area contributed by atoms with Gasteiger partial charge in [0.2, 0.25) is 0 Å². The Morgan fingerprint density at radius 3 is 2.48 bits per heavy atom. The minimum atomic E-state index is -0.662. The van der Waals surface area contributed by atoms with E-state index < -0.39 is 5.91 Å². The zero-order chi connectivity index (χ0) is 16.4. The molecule has 0 aliphatic rings. The van der Waals surface area contributed by atoms with Crippen LogP contribution in [0.4, 0.5) is 4.39 Å². The first kappa shape index (κ1) is 14.7. The monoisotopic (exact) mass is 312 g/mol. The number of H-pyrrole nitrogens is 1. The van der Waals surface area contributed by atoms with Gasteiger partial charge in [-0.15, -0.1) is 0 Å². The number of nitrogens with zero attached hydrogens (tertiary/aromatic N) is 2. The molecule has 0 aliphatic carbocycles. The zero-order valence-electron chi connectivity index (χ0n) is 12.2. The van der Waals surface area contributed by atoms with Crippen LogP contribution in [-0.2, 0) is 0 Å². The van der Waals surface area contributed by atoms with E-state index in [-0.39, 0.29) is 11.5 Å². The molecule has 3 aromatic rings. The maximum absolute atomic E-state index is 13.5. The molecule has 23 heavy (non-hydrogen) atoms. The van der Waals surface area contributed by atoms with Crippen LogP contribution < -0.4 is 10.5 Å². The van der Waals surface area contributed by atoms with E-state index in [0.717, 1.165) is 5.56 Å². The highest BCUT2D eigenvalue weighted by Gasteiger charge is 2.15. The van der Waals surface area contributed by atoms with Gasteiger partial charge in [-0.25, -0.2) is 4.39 Å². The number of nitrogens with two attached hydrogens (primary N) is 1. The SMILES string of the molecule is COc1ccc(F)cc1-c1ccc(-c2n[nH]nc2C(N)=O)cc1. The number of amides is 1. The van der Waals surface area contributed by atoms with E-state index in [4.69, 9.17) is 10.5 Å². The normalized spacial score (nSPS) is 10.5. The zero-order valence-corrected chi connectivity index (χ0v) is 12.2. The van der Waals surface area contributed by atoms with Crippen LogP contribution in [0, 0.1) is 5.82 Å². The van der Waals surface area contributed by atoms with Gasteiger partial charge in [-0.05, 0) is 23.8 Å². The lowest BCUT2D eigenvalue weighted by Gasteiger charge is -2.09. The molecule has 116 valence electrons. The minimum Gasteiger partial charge on any atom is -0.496 e. The molecule has 0 spiro atoms. The van der Waals surface area contributed by atoms with Crippen molar-refractivity contribution in [1.82, 2.24) is 15.4 Å². The Labute approximate surface area is 131 Å². The number of rotatable bonds is 4. The van der Waals surface area contributed by atoms with Crippen molar-refractivity contribution in [2.24, 2.45) is 5.73 Å². The molecular formula is C16H13FN4O2. The summed E-state index contributed by atoms with van der Waals surface area (Å²) in [5.41, 5.74) is 7.77. The molecule has 6 nitrogen and oxygen atoms in total. The third-order valence-corrected chi connectivity index (χ3v) is 3.41. The number of hydrogen-bond acceptors (Lipinski definition) is 4. The van der Waals surface area contributed by atoms with Gasteiger partial charge in [0.15, 0.2) is 5.69 Å². The van der Waals surface area contributed by atoms with Crippen LogP contribution in [0.15, 0.2) is 42.5 Å². The highest BCUT2D eigenvalue weighted by Crippen LogP contribution is 2.32. The molecular weight excluding hydrogens is 299 g/mol. The maximum Gasteiger partial charge on any atom is 0.271 e. The van der Waals surface area contributed by atoms with Crippen molar-refractivity contribution in [3.63, 3.8) is 0 Å². The van der Waals surface area contributed by atoms with Gasteiger partial charge in [0.1, 0.15) is 17.3 Å². The number of aromatic amines is 1. The Morgan fingerprint density at radius 2 is 1.83 bits per heavy atom. The van der Waals surface area contributed by atoms with Crippen molar-refractivity contribution in [3.05, 3.63) is 54.0 Å². The topological polar surface area (TPSA) is 93.9 Å². The first-order chi connectivity index (χ1) is 11.1. The van der Waals surface area contributed by atoms with Gasteiger partial charge in [-0.1, -0.05) is 24.3 Å². The minimum absolute atomic E-state index is 0.0705. The largest absolute Gasteiger partial charge is 0.496 e. The van der Waals surface area contributed by atoms with Gasteiger partial charge >= 0.3 is 0 Å². The highest BCUT2D eigenvalue weighted by molar-refractivity contribution is 5.96. The van der Waals surface area contributed by atoms with Crippen LogP contribution in [0.5, 0.6) is 5.75 Å². The van der Waals surface area contributed by atoms with Gasteiger partial charge < -0.3 is 10.5 Å². The van der Waals surface area contributed by atoms with Crippen molar-refractivity contribution < 1.29 is 13.9 Å². The van der Waals surface area contributed by atoms with Gasteiger partial charge in [-0.3, -0.25) is 4.79 Å². The number of carbonyl (C=O) groups excluding carboxylic acids is 1. The Balaban J connectivity index is 2.02. The lowest BCUT2D eigenvalue weighted by atomic mass is 10.0. The summed E-state index contributed by atoms with van der Waals surface area (Å²) in [6.07, 6.45) is 0. The van der Waals surface area contributed by atoms with Crippen LogP contribution in [0.25, 0.3) is 22.4 Å². The summed E-state index contributed by atoms with van der Waals surface area (Å²) in [6.45, 7) is 0. The Bertz CT molecular complexity index is 859. The lowest BCUT2D eigenvalue weighted by Crippen LogP contribution is -2.12. The summed E-state index contributed by atoms with van der Waals surface area (Å²) >= 11 is 0. The smallest absolute Gasteiger partial charge is 0.271 e. The van der Waals surface area contributed by atoms with Crippen molar-refractivity contribution in [3.8, 4) is 28.1 Å². The van der Waals surface area contributed by atoms with Crippen LogP contribution >= 0.6 is 0 Å². The van der Waals surface area contributed by atoms with Gasteiger partial charge in [0, 0.05) is 11.1 Å². The van der Waals surface area contributed by atoms with Gasteiger partial charge in [0.05, 0.1) is 7.11 Å². The fourth-order valence-corrected chi connectivity index (χ4v) is 2.32. The first-order valence-electron chi connectivity index (χ1n) is 6.75. The first-order valence-corrected chi connectivity index (χ1v) is 6.75. The van der Waals surface area contributed by atoms with Crippen LogP contribution in [0.1, 0.15) is 10.5 Å². The molecule has 0 unspecified atom stereocenters. The standard InChI is InChI=1S/C16H13FN4O2/c1-23-13-7-6-11(17)8-12(13)9-2-4-10(5-3-9)14-15(16(18)22)20-21-19-14/h2-8H,1H3,(H2,18,22)(H,19,20,21). The van der Waals surface area contributed by atoms with E-state index in [2.05, 4.69) is 15.4 Å². The summed E-state index contributed by atoms with van der Waals surface area (Å²) in [5.74, 6) is -0.444. The molecule has 7 heteroatoms. The summed E-state index contributed by atoms with van der Waals surface area (Å²) in [6, 6.07) is 11.4. The van der Waals surface area contributed by atoms with Crippen LogP contribution in [0.2, 0.25) is 0 Å². The quantitative estimate of drug-likeness (QED) is 0.773. The van der Waals surface area contributed by atoms with Crippen molar-refractivity contribution in [2.45, 2.75) is 0 Å². The molecule has 0 saturated carbocycles. The van der Waals surface area contributed by atoms with Crippen LogP contribution in [-0.4, -0.2) is 28.4 Å². The summed E-state index contributed by atoms with van der Waals surface area (Å²) in [5, 5.41) is 10.0. The molecule has 0 aliphatic heterocycles. The molecule has 1 amide bonds.